The summed E-state index contributed by atoms with van der Waals surface area (Å²) in [5.41, 5.74) is 1.15. The lowest BCUT2D eigenvalue weighted by atomic mass is 10.2. The predicted octanol–water partition coefficient (Wildman–Crippen LogP) is 2.77. The van der Waals surface area contributed by atoms with E-state index >= 15 is 0 Å². The Labute approximate surface area is 129 Å². The minimum Gasteiger partial charge on any atom is -0.325 e. The second-order valence-corrected chi connectivity index (χ2v) is 5.69. The van der Waals surface area contributed by atoms with Crippen LogP contribution in [0.25, 0.3) is 0 Å². The summed E-state index contributed by atoms with van der Waals surface area (Å²) in [7, 11) is 0. The molecular formula is C15H20ClN3O2. The van der Waals surface area contributed by atoms with E-state index in [9.17, 15) is 9.59 Å². The van der Waals surface area contributed by atoms with Crippen molar-refractivity contribution in [2.75, 3.05) is 17.2 Å². The van der Waals surface area contributed by atoms with Crippen molar-refractivity contribution in [1.29, 1.82) is 0 Å². The molecule has 0 aromatic heterocycles. The van der Waals surface area contributed by atoms with Crippen molar-refractivity contribution in [1.82, 2.24) is 5.32 Å². The lowest BCUT2D eigenvalue weighted by molar-refractivity contribution is -0.115. The normalized spacial score (nSPS) is 15.0. The molecule has 0 heterocycles. The third-order valence-electron chi connectivity index (χ3n) is 3.47. The molecule has 0 bridgehead atoms. The maximum Gasteiger partial charge on any atom is 0.238 e. The third-order valence-corrected chi connectivity index (χ3v) is 3.78. The molecule has 0 atom stereocenters. The number of hydrogen-bond acceptors (Lipinski definition) is 3. The molecule has 0 unspecified atom stereocenters. The average Bonchev–Trinajstić information content (AvgIpc) is 2.92. The molecule has 1 aromatic rings. The van der Waals surface area contributed by atoms with Crippen LogP contribution in [0.1, 0.15) is 32.6 Å². The number of amides is 2. The Morgan fingerprint density at radius 3 is 2.57 bits per heavy atom. The summed E-state index contributed by atoms with van der Waals surface area (Å²) in [5.74, 6) is -0.278. The van der Waals surface area contributed by atoms with Gasteiger partial charge in [-0.05, 0) is 31.0 Å². The summed E-state index contributed by atoms with van der Waals surface area (Å²) < 4.78 is 0. The van der Waals surface area contributed by atoms with Crippen molar-refractivity contribution in [3.05, 3.63) is 23.2 Å². The van der Waals surface area contributed by atoms with E-state index in [0.29, 0.717) is 29.0 Å². The number of rotatable bonds is 5. The maximum atomic E-state index is 11.9. The van der Waals surface area contributed by atoms with Gasteiger partial charge in [0.2, 0.25) is 11.8 Å². The summed E-state index contributed by atoms with van der Waals surface area (Å²) in [6, 6.07) is 5.47. The fourth-order valence-electron chi connectivity index (χ4n) is 2.46. The average molecular weight is 310 g/mol. The van der Waals surface area contributed by atoms with Crippen LogP contribution >= 0.6 is 11.6 Å². The molecular weight excluding hydrogens is 290 g/mol. The number of nitrogens with one attached hydrogen (secondary N) is 3. The molecule has 1 saturated carbocycles. The second-order valence-electron chi connectivity index (χ2n) is 5.29. The third kappa shape index (κ3) is 5.02. The van der Waals surface area contributed by atoms with Gasteiger partial charge >= 0.3 is 0 Å². The van der Waals surface area contributed by atoms with Gasteiger partial charge in [0.05, 0.1) is 17.3 Å². The Morgan fingerprint density at radius 2 is 1.95 bits per heavy atom. The number of carbonyl (C=O) groups excluding carboxylic acids is 2. The molecule has 1 aromatic carbocycles. The molecule has 21 heavy (non-hydrogen) atoms. The summed E-state index contributed by atoms with van der Waals surface area (Å²) >= 11 is 6.06. The van der Waals surface area contributed by atoms with Gasteiger partial charge in [-0.15, -0.1) is 0 Å². The van der Waals surface area contributed by atoms with E-state index in [1.54, 1.807) is 18.2 Å². The van der Waals surface area contributed by atoms with Crippen molar-refractivity contribution in [3.8, 4) is 0 Å². The van der Waals surface area contributed by atoms with Crippen LogP contribution in [0.2, 0.25) is 5.02 Å². The summed E-state index contributed by atoms with van der Waals surface area (Å²) in [6.07, 6.45) is 4.76. The topological polar surface area (TPSA) is 70.2 Å². The van der Waals surface area contributed by atoms with Crippen LogP contribution in [0.5, 0.6) is 0 Å². The lowest BCUT2D eigenvalue weighted by Gasteiger charge is -2.12. The monoisotopic (exact) mass is 309 g/mol. The van der Waals surface area contributed by atoms with Crippen molar-refractivity contribution in [2.24, 2.45) is 0 Å². The Kier molecular flexibility index (Phi) is 5.59. The fourth-order valence-corrected chi connectivity index (χ4v) is 2.68. The Morgan fingerprint density at radius 1 is 1.24 bits per heavy atom. The van der Waals surface area contributed by atoms with Crippen LogP contribution in [-0.4, -0.2) is 24.4 Å². The lowest BCUT2D eigenvalue weighted by Crippen LogP contribution is -2.34. The molecule has 5 nitrogen and oxygen atoms in total. The van der Waals surface area contributed by atoms with Crippen LogP contribution < -0.4 is 16.0 Å². The Hall–Kier alpha value is -1.59. The van der Waals surface area contributed by atoms with E-state index < -0.39 is 0 Å². The summed E-state index contributed by atoms with van der Waals surface area (Å²) in [4.78, 5) is 22.8. The highest BCUT2D eigenvalue weighted by atomic mass is 35.5. The highest BCUT2D eigenvalue weighted by Gasteiger charge is 2.15. The van der Waals surface area contributed by atoms with E-state index in [0.717, 1.165) is 12.8 Å². The number of benzene rings is 1. The van der Waals surface area contributed by atoms with Crippen molar-refractivity contribution < 1.29 is 9.59 Å². The molecule has 1 fully saturated rings. The minimum absolute atomic E-state index is 0.0924. The first-order valence-corrected chi connectivity index (χ1v) is 7.53. The number of hydrogen-bond donors (Lipinski definition) is 3. The van der Waals surface area contributed by atoms with E-state index in [-0.39, 0.29) is 11.8 Å². The van der Waals surface area contributed by atoms with Crippen LogP contribution in [0.15, 0.2) is 18.2 Å². The van der Waals surface area contributed by atoms with Crippen LogP contribution in [0.4, 0.5) is 11.4 Å². The smallest absolute Gasteiger partial charge is 0.238 e. The zero-order chi connectivity index (χ0) is 15.2. The SMILES string of the molecule is CC(=O)Nc1ccc(NC(=O)CNC2CCCC2)cc1Cl. The van der Waals surface area contributed by atoms with Gasteiger partial charge in [0.15, 0.2) is 0 Å². The molecule has 6 heteroatoms. The second kappa shape index (κ2) is 7.43. The molecule has 2 amide bonds. The summed E-state index contributed by atoms with van der Waals surface area (Å²) in [5, 5.41) is 9.06. The summed E-state index contributed by atoms with van der Waals surface area (Å²) in [6.45, 7) is 1.72. The van der Waals surface area contributed by atoms with E-state index in [1.165, 1.54) is 19.8 Å². The molecule has 0 saturated heterocycles. The van der Waals surface area contributed by atoms with Crippen LogP contribution in [0.3, 0.4) is 0 Å². The van der Waals surface area contributed by atoms with Gasteiger partial charge < -0.3 is 16.0 Å². The molecule has 0 spiro atoms. The van der Waals surface area contributed by atoms with Gasteiger partial charge in [0.1, 0.15) is 0 Å². The van der Waals surface area contributed by atoms with Gasteiger partial charge in [-0.25, -0.2) is 0 Å². The zero-order valence-corrected chi connectivity index (χ0v) is 12.8. The van der Waals surface area contributed by atoms with Gasteiger partial charge in [0, 0.05) is 18.7 Å². The standard InChI is InChI=1S/C15H20ClN3O2/c1-10(20)18-14-7-6-12(8-13(14)16)19-15(21)9-17-11-4-2-3-5-11/h6-8,11,17H,2-5,9H2,1H3,(H,18,20)(H,19,21). The van der Waals surface area contributed by atoms with E-state index in [4.69, 9.17) is 11.6 Å². The molecule has 0 radical (unpaired) electrons. The number of carbonyl (C=O) groups is 2. The predicted molar refractivity (Wildman–Crippen MR) is 84.6 cm³/mol. The van der Waals surface area contributed by atoms with Crippen LogP contribution in [0, 0.1) is 0 Å². The minimum atomic E-state index is -0.186. The van der Waals surface area contributed by atoms with Crippen molar-refractivity contribution in [2.45, 2.75) is 38.6 Å². The molecule has 1 aliphatic rings. The first-order valence-electron chi connectivity index (χ1n) is 7.15. The maximum absolute atomic E-state index is 11.9. The van der Waals surface area contributed by atoms with Gasteiger partial charge in [-0.1, -0.05) is 24.4 Å². The highest BCUT2D eigenvalue weighted by molar-refractivity contribution is 6.34. The molecule has 2 rings (SSSR count). The highest BCUT2D eigenvalue weighted by Crippen LogP contribution is 2.25. The Balaban J connectivity index is 1.85. The van der Waals surface area contributed by atoms with Gasteiger partial charge in [-0.2, -0.15) is 0 Å². The molecule has 1 aliphatic carbocycles. The Bertz CT molecular complexity index is 528. The van der Waals surface area contributed by atoms with Crippen molar-refractivity contribution >= 4 is 34.8 Å². The number of halogens is 1. The van der Waals surface area contributed by atoms with E-state index in [2.05, 4.69) is 16.0 Å². The first-order chi connectivity index (χ1) is 10.0. The largest absolute Gasteiger partial charge is 0.325 e. The van der Waals surface area contributed by atoms with Gasteiger partial charge in [-0.3, -0.25) is 9.59 Å². The number of anilines is 2. The van der Waals surface area contributed by atoms with Gasteiger partial charge in [0.25, 0.3) is 0 Å². The molecule has 0 aliphatic heterocycles. The first kappa shape index (κ1) is 15.8. The van der Waals surface area contributed by atoms with Crippen molar-refractivity contribution in [3.63, 3.8) is 0 Å². The zero-order valence-electron chi connectivity index (χ0n) is 12.0. The molecule has 3 N–H and O–H groups in total. The quantitative estimate of drug-likeness (QED) is 0.783. The molecule has 114 valence electrons. The fraction of sp³-hybridized carbons (Fsp3) is 0.467. The van der Waals surface area contributed by atoms with E-state index in [1.807, 2.05) is 0 Å². The van der Waals surface area contributed by atoms with Crippen LogP contribution in [-0.2, 0) is 9.59 Å².